The van der Waals surface area contributed by atoms with Crippen LogP contribution in [0.3, 0.4) is 0 Å². The fourth-order valence-corrected chi connectivity index (χ4v) is 3.04. The molecule has 0 spiro atoms. The molecule has 2 aliphatic heterocycles. The zero-order valence-corrected chi connectivity index (χ0v) is 11.2. The minimum atomic E-state index is -0.182. The van der Waals surface area contributed by atoms with Gasteiger partial charge in [0.1, 0.15) is 17.3 Å². The number of carbonyl (C=O) groups excluding carboxylic acids is 1. The van der Waals surface area contributed by atoms with Crippen LogP contribution in [0.25, 0.3) is 0 Å². The van der Waals surface area contributed by atoms with Gasteiger partial charge in [0.25, 0.3) is 0 Å². The van der Waals surface area contributed by atoms with Crippen LogP contribution in [0, 0.1) is 0 Å². The molecule has 6 nitrogen and oxygen atoms in total. The molecule has 1 N–H and O–H groups in total. The SMILES string of the molecule is O=C1CCC2CN(c3ncnc(Cl)c3CO)CCN12. The highest BCUT2D eigenvalue weighted by molar-refractivity contribution is 6.30. The van der Waals surface area contributed by atoms with Crippen LogP contribution in [0.2, 0.25) is 5.15 Å². The Labute approximate surface area is 116 Å². The maximum atomic E-state index is 11.6. The highest BCUT2D eigenvalue weighted by atomic mass is 35.5. The summed E-state index contributed by atoms with van der Waals surface area (Å²) >= 11 is 5.98. The average Bonchev–Trinajstić information content (AvgIpc) is 2.79. The summed E-state index contributed by atoms with van der Waals surface area (Å²) in [5.74, 6) is 0.925. The van der Waals surface area contributed by atoms with Gasteiger partial charge >= 0.3 is 0 Å². The van der Waals surface area contributed by atoms with Gasteiger partial charge in [-0.05, 0) is 6.42 Å². The van der Waals surface area contributed by atoms with Gasteiger partial charge in [-0.25, -0.2) is 9.97 Å². The number of halogens is 1. The van der Waals surface area contributed by atoms with Crippen molar-refractivity contribution in [1.82, 2.24) is 14.9 Å². The lowest BCUT2D eigenvalue weighted by Gasteiger charge is -2.38. The summed E-state index contributed by atoms with van der Waals surface area (Å²) in [5.41, 5.74) is 0.557. The van der Waals surface area contributed by atoms with E-state index in [0.717, 1.165) is 13.0 Å². The second-order valence-corrected chi connectivity index (χ2v) is 5.21. The molecule has 7 heteroatoms. The third-order valence-electron chi connectivity index (χ3n) is 3.82. The Morgan fingerprint density at radius 3 is 3.05 bits per heavy atom. The van der Waals surface area contributed by atoms with Gasteiger partial charge in [-0.15, -0.1) is 0 Å². The van der Waals surface area contributed by atoms with E-state index in [1.807, 2.05) is 4.90 Å². The van der Waals surface area contributed by atoms with Gasteiger partial charge < -0.3 is 14.9 Å². The number of anilines is 1. The molecule has 0 aromatic carbocycles. The number of hydrogen-bond donors (Lipinski definition) is 1. The van der Waals surface area contributed by atoms with Crippen molar-refractivity contribution in [2.75, 3.05) is 24.5 Å². The van der Waals surface area contributed by atoms with E-state index in [1.54, 1.807) is 0 Å². The van der Waals surface area contributed by atoms with Crippen molar-refractivity contribution in [2.45, 2.75) is 25.5 Å². The van der Waals surface area contributed by atoms with Gasteiger partial charge in [0.2, 0.25) is 5.91 Å². The van der Waals surface area contributed by atoms with Gasteiger partial charge in [0, 0.05) is 32.1 Å². The highest BCUT2D eigenvalue weighted by Gasteiger charge is 2.36. The quantitative estimate of drug-likeness (QED) is 0.797. The standard InChI is InChI=1S/C12H15ClN4O2/c13-11-9(6-18)12(15-7-14-11)16-3-4-17-8(5-16)1-2-10(17)19/h7-8,18H,1-6H2. The minimum absolute atomic E-state index is 0.182. The molecule has 1 unspecified atom stereocenters. The van der Waals surface area contributed by atoms with Crippen molar-refractivity contribution in [3.05, 3.63) is 17.0 Å². The Kier molecular flexibility index (Phi) is 3.28. The van der Waals surface area contributed by atoms with Gasteiger partial charge in [-0.1, -0.05) is 11.6 Å². The Morgan fingerprint density at radius 2 is 2.26 bits per heavy atom. The number of aliphatic hydroxyl groups excluding tert-OH is 1. The summed E-state index contributed by atoms with van der Waals surface area (Å²) in [7, 11) is 0. The first kappa shape index (κ1) is 12.6. The Bertz CT molecular complexity index is 511. The fourth-order valence-electron chi connectivity index (χ4n) is 2.85. The summed E-state index contributed by atoms with van der Waals surface area (Å²) in [4.78, 5) is 23.8. The van der Waals surface area contributed by atoms with E-state index < -0.39 is 0 Å². The van der Waals surface area contributed by atoms with Gasteiger partial charge in [-0.2, -0.15) is 0 Å². The molecular formula is C12H15ClN4O2. The van der Waals surface area contributed by atoms with E-state index in [0.29, 0.717) is 30.9 Å². The first-order valence-corrected chi connectivity index (χ1v) is 6.73. The van der Waals surface area contributed by atoms with Crippen molar-refractivity contribution in [2.24, 2.45) is 0 Å². The van der Waals surface area contributed by atoms with E-state index in [4.69, 9.17) is 11.6 Å². The second kappa shape index (κ2) is 4.94. The third kappa shape index (κ3) is 2.15. The van der Waals surface area contributed by atoms with Crippen LogP contribution < -0.4 is 4.90 Å². The molecule has 1 amide bonds. The largest absolute Gasteiger partial charge is 0.391 e. The molecule has 2 aliphatic rings. The predicted octanol–water partition coefficient (Wildman–Crippen LogP) is 0.433. The molecule has 0 radical (unpaired) electrons. The van der Waals surface area contributed by atoms with Crippen LogP contribution in [0.4, 0.5) is 5.82 Å². The first-order valence-electron chi connectivity index (χ1n) is 6.35. The zero-order valence-electron chi connectivity index (χ0n) is 10.4. The van der Waals surface area contributed by atoms with E-state index in [-0.39, 0.29) is 23.7 Å². The van der Waals surface area contributed by atoms with E-state index in [1.165, 1.54) is 6.33 Å². The van der Waals surface area contributed by atoms with Crippen LogP contribution >= 0.6 is 11.6 Å². The number of aliphatic hydroxyl groups is 1. The number of nitrogens with zero attached hydrogens (tertiary/aromatic N) is 4. The molecule has 3 heterocycles. The molecule has 0 saturated carbocycles. The molecule has 19 heavy (non-hydrogen) atoms. The summed E-state index contributed by atoms with van der Waals surface area (Å²) in [5, 5.41) is 9.69. The van der Waals surface area contributed by atoms with Gasteiger partial charge in [0.15, 0.2) is 0 Å². The maximum absolute atomic E-state index is 11.6. The number of piperazine rings is 1. The zero-order chi connectivity index (χ0) is 13.4. The minimum Gasteiger partial charge on any atom is -0.391 e. The molecule has 0 bridgehead atoms. The Balaban J connectivity index is 1.84. The number of aromatic nitrogens is 2. The van der Waals surface area contributed by atoms with E-state index >= 15 is 0 Å². The molecule has 1 aromatic heterocycles. The molecule has 0 aliphatic carbocycles. The van der Waals surface area contributed by atoms with Crippen molar-refractivity contribution in [3.63, 3.8) is 0 Å². The molecule has 2 saturated heterocycles. The predicted molar refractivity (Wildman–Crippen MR) is 69.9 cm³/mol. The number of hydrogen-bond acceptors (Lipinski definition) is 5. The normalized spacial score (nSPS) is 22.8. The van der Waals surface area contributed by atoms with Crippen LogP contribution in [0.5, 0.6) is 0 Å². The topological polar surface area (TPSA) is 69.6 Å². The molecular weight excluding hydrogens is 268 g/mol. The smallest absolute Gasteiger partial charge is 0.223 e. The highest BCUT2D eigenvalue weighted by Crippen LogP contribution is 2.29. The molecule has 102 valence electrons. The van der Waals surface area contributed by atoms with E-state index in [2.05, 4.69) is 14.9 Å². The molecule has 1 aromatic rings. The third-order valence-corrected chi connectivity index (χ3v) is 4.15. The Morgan fingerprint density at radius 1 is 1.42 bits per heavy atom. The monoisotopic (exact) mass is 282 g/mol. The second-order valence-electron chi connectivity index (χ2n) is 4.85. The van der Waals surface area contributed by atoms with Crippen molar-refractivity contribution >= 4 is 23.3 Å². The lowest BCUT2D eigenvalue weighted by molar-refractivity contribution is -0.129. The van der Waals surface area contributed by atoms with E-state index in [9.17, 15) is 9.90 Å². The number of carbonyl (C=O) groups is 1. The lowest BCUT2D eigenvalue weighted by Crippen LogP contribution is -2.52. The van der Waals surface area contributed by atoms with Gasteiger partial charge in [-0.3, -0.25) is 4.79 Å². The van der Waals surface area contributed by atoms with Crippen LogP contribution in [-0.2, 0) is 11.4 Å². The van der Waals surface area contributed by atoms with Crippen LogP contribution in [0.15, 0.2) is 6.33 Å². The van der Waals surface area contributed by atoms with Crippen molar-refractivity contribution in [1.29, 1.82) is 0 Å². The molecule has 1 atom stereocenters. The molecule has 2 fully saturated rings. The summed E-state index contributed by atoms with van der Waals surface area (Å²) < 4.78 is 0. The number of amides is 1. The van der Waals surface area contributed by atoms with Crippen molar-refractivity contribution < 1.29 is 9.90 Å². The average molecular weight is 283 g/mol. The Hall–Kier alpha value is -1.40. The van der Waals surface area contributed by atoms with Crippen LogP contribution in [-0.4, -0.2) is 51.6 Å². The lowest BCUT2D eigenvalue weighted by atomic mass is 10.1. The number of fused-ring (bicyclic) bond motifs is 1. The van der Waals surface area contributed by atoms with Gasteiger partial charge in [0.05, 0.1) is 12.2 Å². The van der Waals surface area contributed by atoms with Crippen LogP contribution in [0.1, 0.15) is 18.4 Å². The summed E-state index contributed by atoms with van der Waals surface area (Å²) in [6.45, 7) is 1.98. The number of rotatable bonds is 2. The maximum Gasteiger partial charge on any atom is 0.223 e. The first-order chi connectivity index (χ1) is 9.20. The fraction of sp³-hybridized carbons (Fsp3) is 0.583. The van der Waals surface area contributed by atoms with Crippen molar-refractivity contribution in [3.8, 4) is 0 Å². The summed E-state index contributed by atoms with van der Waals surface area (Å²) in [6, 6.07) is 0.251. The molecule has 3 rings (SSSR count). The summed E-state index contributed by atoms with van der Waals surface area (Å²) in [6.07, 6.45) is 2.93.